The summed E-state index contributed by atoms with van der Waals surface area (Å²) in [6.07, 6.45) is 0. The maximum atomic E-state index is 12.8. The predicted molar refractivity (Wildman–Crippen MR) is 134 cm³/mol. The average Bonchev–Trinajstić information content (AvgIpc) is 3.51. The number of hydrogen-bond donors (Lipinski definition) is 2. The van der Waals surface area contributed by atoms with Gasteiger partial charge >= 0.3 is 0 Å². The SMILES string of the molecule is COc1cccc(OCc2nnc(SCC(=O)NC(c3ccc(C)cc3)c3cccs3)n2N)c1. The first-order valence-corrected chi connectivity index (χ1v) is 12.4. The summed E-state index contributed by atoms with van der Waals surface area (Å²) < 4.78 is 12.3. The molecule has 10 heteroatoms. The van der Waals surface area contributed by atoms with E-state index in [0.29, 0.717) is 22.5 Å². The Balaban J connectivity index is 1.36. The highest BCUT2D eigenvalue weighted by atomic mass is 32.2. The molecule has 0 saturated heterocycles. The molecule has 1 atom stereocenters. The number of rotatable bonds is 10. The molecule has 4 rings (SSSR count). The summed E-state index contributed by atoms with van der Waals surface area (Å²) >= 11 is 2.83. The second-order valence-corrected chi connectivity index (χ2v) is 9.37. The van der Waals surface area contributed by atoms with E-state index in [1.54, 1.807) is 24.5 Å². The molecule has 0 aliphatic heterocycles. The Hall–Kier alpha value is -3.50. The molecule has 2 heterocycles. The molecule has 0 bridgehead atoms. The minimum Gasteiger partial charge on any atom is -0.497 e. The van der Waals surface area contributed by atoms with Crippen molar-refractivity contribution in [2.75, 3.05) is 18.7 Å². The molecule has 2 aromatic heterocycles. The molecule has 176 valence electrons. The van der Waals surface area contributed by atoms with Gasteiger partial charge in [0.25, 0.3) is 0 Å². The fourth-order valence-electron chi connectivity index (χ4n) is 3.21. The molecule has 8 nitrogen and oxygen atoms in total. The Labute approximate surface area is 206 Å². The first-order valence-electron chi connectivity index (χ1n) is 10.5. The van der Waals surface area contributed by atoms with Gasteiger partial charge < -0.3 is 20.6 Å². The molecule has 0 radical (unpaired) electrons. The molecule has 0 fully saturated rings. The lowest BCUT2D eigenvalue weighted by Crippen LogP contribution is -2.30. The number of aryl methyl sites for hydroxylation is 1. The maximum absolute atomic E-state index is 12.8. The van der Waals surface area contributed by atoms with Crippen LogP contribution in [0.25, 0.3) is 0 Å². The summed E-state index contributed by atoms with van der Waals surface area (Å²) in [4.78, 5) is 13.9. The van der Waals surface area contributed by atoms with E-state index in [2.05, 4.69) is 15.5 Å². The standard InChI is InChI=1S/C24H25N5O3S2/c1-16-8-10-17(11-9-16)23(20-7-4-12-33-20)26-22(30)15-34-24-28-27-21(29(24)25)14-32-19-6-3-5-18(13-19)31-2/h3-13,23H,14-15,25H2,1-2H3,(H,26,30). The Morgan fingerprint density at radius 2 is 1.94 bits per heavy atom. The number of carbonyl (C=O) groups excluding carboxylic acids is 1. The van der Waals surface area contributed by atoms with Crippen LogP contribution in [0.3, 0.4) is 0 Å². The molecule has 0 spiro atoms. The van der Waals surface area contributed by atoms with Gasteiger partial charge in [-0.05, 0) is 36.1 Å². The number of nitrogens with one attached hydrogen (secondary N) is 1. The van der Waals surface area contributed by atoms with Crippen LogP contribution in [0.2, 0.25) is 0 Å². The highest BCUT2D eigenvalue weighted by molar-refractivity contribution is 7.99. The highest BCUT2D eigenvalue weighted by Crippen LogP contribution is 2.27. The van der Waals surface area contributed by atoms with Crippen LogP contribution < -0.4 is 20.6 Å². The number of benzene rings is 2. The first kappa shape index (κ1) is 23.7. The number of aromatic nitrogens is 3. The van der Waals surface area contributed by atoms with Crippen LogP contribution in [0.15, 0.2) is 71.2 Å². The van der Waals surface area contributed by atoms with Gasteiger partial charge in [-0.2, -0.15) is 0 Å². The quantitative estimate of drug-likeness (QED) is 0.254. The lowest BCUT2D eigenvalue weighted by atomic mass is 10.0. The van der Waals surface area contributed by atoms with Crippen LogP contribution in [-0.4, -0.2) is 33.6 Å². The van der Waals surface area contributed by atoms with Gasteiger partial charge in [0.15, 0.2) is 5.82 Å². The van der Waals surface area contributed by atoms with Crippen LogP contribution in [0, 0.1) is 6.92 Å². The third-order valence-corrected chi connectivity index (χ3v) is 6.90. The van der Waals surface area contributed by atoms with Gasteiger partial charge in [-0.15, -0.1) is 21.5 Å². The topological polar surface area (TPSA) is 104 Å². The van der Waals surface area contributed by atoms with E-state index in [1.165, 1.54) is 22.0 Å². The summed E-state index contributed by atoms with van der Waals surface area (Å²) in [5, 5.41) is 13.7. The van der Waals surface area contributed by atoms with Crippen molar-refractivity contribution in [2.45, 2.75) is 24.7 Å². The summed E-state index contributed by atoms with van der Waals surface area (Å²) in [5.74, 6) is 7.93. The minimum atomic E-state index is -0.212. The Morgan fingerprint density at radius 1 is 1.15 bits per heavy atom. The van der Waals surface area contributed by atoms with E-state index in [4.69, 9.17) is 15.3 Å². The second kappa shape index (κ2) is 11.1. The van der Waals surface area contributed by atoms with Gasteiger partial charge in [0.05, 0.1) is 18.9 Å². The van der Waals surface area contributed by atoms with Crippen molar-refractivity contribution in [3.8, 4) is 11.5 Å². The van der Waals surface area contributed by atoms with Crippen molar-refractivity contribution in [2.24, 2.45) is 0 Å². The smallest absolute Gasteiger partial charge is 0.231 e. The largest absolute Gasteiger partial charge is 0.497 e. The van der Waals surface area contributed by atoms with Crippen LogP contribution in [0.4, 0.5) is 0 Å². The van der Waals surface area contributed by atoms with E-state index < -0.39 is 0 Å². The molecular formula is C24H25N5O3S2. The Morgan fingerprint density at radius 3 is 2.68 bits per heavy atom. The van der Waals surface area contributed by atoms with Crippen molar-refractivity contribution in [1.82, 2.24) is 20.2 Å². The first-order chi connectivity index (χ1) is 16.5. The lowest BCUT2D eigenvalue weighted by Gasteiger charge is -2.18. The Kier molecular flexibility index (Phi) is 7.71. The van der Waals surface area contributed by atoms with Crippen LogP contribution in [0.5, 0.6) is 11.5 Å². The van der Waals surface area contributed by atoms with E-state index in [0.717, 1.165) is 10.4 Å². The number of ether oxygens (including phenoxy) is 2. The van der Waals surface area contributed by atoms with Gasteiger partial charge in [-0.3, -0.25) is 4.79 Å². The monoisotopic (exact) mass is 495 g/mol. The third-order valence-electron chi connectivity index (χ3n) is 5.02. The van der Waals surface area contributed by atoms with Gasteiger partial charge in [-0.1, -0.05) is 53.7 Å². The summed E-state index contributed by atoms with van der Waals surface area (Å²) in [5.41, 5.74) is 2.20. The Bertz CT molecular complexity index is 1230. The van der Waals surface area contributed by atoms with Crippen molar-refractivity contribution in [3.05, 3.63) is 87.9 Å². The molecular weight excluding hydrogens is 470 g/mol. The van der Waals surface area contributed by atoms with Crippen molar-refractivity contribution < 1.29 is 14.3 Å². The molecule has 0 aliphatic carbocycles. The number of nitrogen functional groups attached to an aromatic ring is 1. The van der Waals surface area contributed by atoms with E-state index in [1.807, 2.05) is 66.9 Å². The average molecular weight is 496 g/mol. The zero-order valence-corrected chi connectivity index (χ0v) is 20.4. The number of hydrogen-bond acceptors (Lipinski definition) is 8. The molecule has 3 N–H and O–H groups in total. The van der Waals surface area contributed by atoms with Crippen molar-refractivity contribution in [1.29, 1.82) is 0 Å². The summed E-state index contributed by atoms with van der Waals surface area (Å²) in [7, 11) is 1.60. The molecule has 1 unspecified atom stereocenters. The molecule has 0 saturated carbocycles. The van der Waals surface area contributed by atoms with E-state index in [-0.39, 0.29) is 24.3 Å². The van der Waals surface area contributed by atoms with E-state index >= 15 is 0 Å². The number of methoxy groups -OCH3 is 1. The fraction of sp³-hybridized carbons (Fsp3) is 0.208. The molecule has 1 amide bonds. The minimum absolute atomic E-state index is 0.124. The van der Waals surface area contributed by atoms with Crippen molar-refractivity contribution >= 4 is 29.0 Å². The highest BCUT2D eigenvalue weighted by Gasteiger charge is 2.19. The van der Waals surface area contributed by atoms with Crippen LogP contribution in [0.1, 0.15) is 27.9 Å². The normalized spacial score (nSPS) is 11.7. The van der Waals surface area contributed by atoms with Gasteiger partial charge in [-0.25, -0.2) is 4.68 Å². The molecule has 0 aliphatic rings. The third kappa shape index (κ3) is 5.89. The number of nitrogens with two attached hydrogens (primary N) is 1. The number of amides is 1. The van der Waals surface area contributed by atoms with Crippen LogP contribution in [-0.2, 0) is 11.4 Å². The maximum Gasteiger partial charge on any atom is 0.231 e. The van der Waals surface area contributed by atoms with E-state index in [9.17, 15) is 4.79 Å². The van der Waals surface area contributed by atoms with Crippen molar-refractivity contribution in [3.63, 3.8) is 0 Å². The number of nitrogens with zero attached hydrogens (tertiary/aromatic N) is 3. The lowest BCUT2D eigenvalue weighted by molar-refractivity contribution is -0.119. The van der Waals surface area contributed by atoms with Gasteiger partial charge in [0.1, 0.15) is 18.1 Å². The number of thioether (sulfide) groups is 1. The molecule has 2 aromatic carbocycles. The predicted octanol–water partition coefficient (Wildman–Crippen LogP) is 3.95. The molecule has 4 aromatic rings. The summed E-state index contributed by atoms with van der Waals surface area (Å²) in [6, 6.07) is 19.2. The van der Waals surface area contributed by atoms with Crippen LogP contribution >= 0.6 is 23.1 Å². The fourth-order valence-corrected chi connectivity index (χ4v) is 4.70. The number of thiophene rings is 1. The van der Waals surface area contributed by atoms with Gasteiger partial charge in [0, 0.05) is 10.9 Å². The van der Waals surface area contributed by atoms with Gasteiger partial charge in [0.2, 0.25) is 11.1 Å². The zero-order valence-electron chi connectivity index (χ0n) is 18.8. The molecule has 34 heavy (non-hydrogen) atoms. The summed E-state index contributed by atoms with van der Waals surface area (Å²) in [6.45, 7) is 2.18. The second-order valence-electron chi connectivity index (χ2n) is 7.45. The number of carbonyl (C=O) groups is 1. The zero-order chi connectivity index (χ0) is 23.9.